The first-order valence-corrected chi connectivity index (χ1v) is 11.5. The van der Waals surface area contributed by atoms with Crippen LogP contribution in [0.2, 0.25) is 0 Å². The molecule has 8 heteroatoms. The van der Waals surface area contributed by atoms with Crippen molar-refractivity contribution in [2.75, 3.05) is 6.54 Å². The van der Waals surface area contributed by atoms with E-state index in [0.717, 1.165) is 28.4 Å². The maximum absolute atomic E-state index is 12.8. The van der Waals surface area contributed by atoms with Crippen LogP contribution in [0, 0.1) is 0 Å². The van der Waals surface area contributed by atoms with Crippen molar-refractivity contribution in [3.05, 3.63) is 74.9 Å². The first-order chi connectivity index (χ1) is 16.6. The van der Waals surface area contributed by atoms with Gasteiger partial charge in [0.15, 0.2) is 5.60 Å². The third kappa shape index (κ3) is 4.60. The molecule has 0 fully saturated rings. The average Bonchev–Trinajstić information content (AvgIpc) is 3.17. The van der Waals surface area contributed by atoms with Gasteiger partial charge < -0.3 is 29.7 Å². The lowest BCUT2D eigenvalue weighted by atomic mass is 9.76. The minimum absolute atomic E-state index is 0.252. The normalized spacial score (nSPS) is 20.1. The van der Waals surface area contributed by atoms with Gasteiger partial charge in [-0.1, -0.05) is 6.08 Å². The molecule has 2 aromatic rings. The van der Waals surface area contributed by atoms with E-state index in [9.17, 15) is 14.4 Å². The van der Waals surface area contributed by atoms with Gasteiger partial charge in [0.2, 0.25) is 0 Å². The fourth-order valence-electron chi connectivity index (χ4n) is 4.55. The summed E-state index contributed by atoms with van der Waals surface area (Å²) in [6.07, 6.45) is 5.40. The monoisotopic (exact) mass is 478 g/mol. The standard InChI is InChI=1S/C27H30N2O6/c1-5-16(2)25(32)35-26(3,4)27(13-19-11-23(28)29-15-18(19)8-9-30)14-20-10-17-6-7-24(31)33-21(17)12-22(20)34-27/h5-7,9-12,29H,8,13-15,28H2,1-4H3. The molecule has 0 spiro atoms. The van der Waals surface area contributed by atoms with Crippen LogP contribution < -0.4 is 21.4 Å². The van der Waals surface area contributed by atoms with Crippen molar-refractivity contribution < 1.29 is 23.5 Å². The molecular weight excluding hydrogens is 448 g/mol. The SMILES string of the molecule is CC=C(C)C(=O)OC(C)(C)C1(CC2=C(CC=O)CNC(N)=C2)Cc2cc3ccc(=O)oc3cc2O1. The summed E-state index contributed by atoms with van der Waals surface area (Å²) in [7, 11) is 0. The number of fused-ring (bicyclic) bond motifs is 2. The number of esters is 1. The van der Waals surface area contributed by atoms with Gasteiger partial charge in [0.25, 0.3) is 0 Å². The minimum Gasteiger partial charge on any atom is -0.482 e. The van der Waals surface area contributed by atoms with E-state index in [0.29, 0.717) is 42.1 Å². The highest BCUT2D eigenvalue weighted by Crippen LogP contribution is 2.48. The summed E-state index contributed by atoms with van der Waals surface area (Å²) < 4.78 is 18.0. The van der Waals surface area contributed by atoms with E-state index in [4.69, 9.17) is 19.6 Å². The summed E-state index contributed by atoms with van der Waals surface area (Å²) in [6, 6.07) is 6.72. The topological polar surface area (TPSA) is 121 Å². The van der Waals surface area contributed by atoms with E-state index >= 15 is 0 Å². The van der Waals surface area contributed by atoms with Gasteiger partial charge in [-0.05, 0) is 62.6 Å². The van der Waals surface area contributed by atoms with Crippen molar-refractivity contribution >= 4 is 23.2 Å². The lowest BCUT2D eigenvalue weighted by molar-refractivity contribution is -0.174. The molecule has 3 N–H and O–H groups in total. The van der Waals surface area contributed by atoms with E-state index in [1.54, 1.807) is 38.1 Å². The van der Waals surface area contributed by atoms with Gasteiger partial charge in [0, 0.05) is 48.9 Å². The Morgan fingerprint density at radius 2 is 2.09 bits per heavy atom. The molecule has 0 aliphatic carbocycles. The van der Waals surface area contributed by atoms with Gasteiger partial charge in [-0.3, -0.25) is 0 Å². The Morgan fingerprint density at radius 1 is 1.31 bits per heavy atom. The number of aldehydes is 1. The lowest BCUT2D eigenvalue weighted by Gasteiger charge is -2.43. The van der Waals surface area contributed by atoms with E-state index in [2.05, 4.69) is 5.32 Å². The van der Waals surface area contributed by atoms with Crippen LogP contribution in [0.25, 0.3) is 11.0 Å². The number of hydrogen-bond donors (Lipinski definition) is 2. The molecule has 2 aliphatic heterocycles. The van der Waals surface area contributed by atoms with Crippen molar-refractivity contribution in [3.63, 3.8) is 0 Å². The van der Waals surface area contributed by atoms with Crippen LogP contribution in [0.4, 0.5) is 0 Å². The van der Waals surface area contributed by atoms with E-state index in [1.165, 1.54) is 6.07 Å². The molecule has 0 radical (unpaired) electrons. The second kappa shape index (κ2) is 9.09. The molecule has 1 aromatic carbocycles. The van der Waals surface area contributed by atoms with Crippen molar-refractivity contribution in [1.82, 2.24) is 5.32 Å². The maximum Gasteiger partial charge on any atom is 0.336 e. The molecule has 1 aromatic heterocycles. The summed E-state index contributed by atoms with van der Waals surface area (Å²) in [5.41, 5.74) is 7.11. The predicted molar refractivity (Wildman–Crippen MR) is 132 cm³/mol. The number of hydrogen-bond acceptors (Lipinski definition) is 8. The number of ether oxygens (including phenoxy) is 2. The van der Waals surface area contributed by atoms with Crippen LogP contribution in [-0.2, 0) is 20.7 Å². The van der Waals surface area contributed by atoms with Crippen LogP contribution in [0.1, 0.15) is 46.1 Å². The number of nitrogens with two attached hydrogens (primary N) is 1. The molecule has 0 saturated heterocycles. The zero-order chi connectivity index (χ0) is 25.4. The third-order valence-electron chi connectivity index (χ3n) is 6.88. The number of carbonyl (C=O) groups is 2. The predicted octanol–water partition coefficient (Wildman–Crippen LogP) is 3.43. The zero-order valence-electron chi connectivity index (χ0n) is 20.4. The Labute approximate surface area is 203 Å². The van der Waals surface area contributed by atoms with Crippen molar-refractivity contribution in [2.45, 2.75) is 58.2 Å². The van der Waals surface area contributed by atoms with Crippen molar-refractivity contribution in [3.8, 4) is 5.75 Å². The average molecular weight is 479 g/mol. The molecule has 4 rings (SSSR count). The fourth-order valence-corrected chi connectivity index (χ4v) is 4.55. The Hall–Kier alpha value is -3.81. The van der Waals surface area contributed by atoms with E-state index in [-0.39, 0.29) is 6.42 Å². The summed E-state index contributed by atoms with van der Waals surface area (Å²) >= 11 is 0. The number of dihydropyridines is 1. The van der Waals surface area contributed by atoms with Gasteiger partial charge in [0.05, 0.1) is 5.82 Å². The highest BCUT2D eigenvalue weighted by atomic mass is 16.6. The molecule has 35 heavy (non-hydrogen) atoms. The molecule has 184 valence electrons. The van der Waals surface area contributed by atoms with Gasteiger partial charge in [-0.15, -0.1) is 0 Å². The molecule has 3 heterocycles. The molecule has 8 nitrogen and oxygen atoms in total. The molecule has 0 bridgehead atoms. The third-order valence-corrected chi connectivity index (χ3v) is 6.88. The highest BCUT2D eigenvalue weighted by molar-refractivity contribution is 5.88. The van der Waals surface area contributed by atoms with Gasteiger partial charge in [0.1, 0.15) is 23.2 Å². The number of allylic oxidation sites excluding steroid dienone is 2. The van der Waals surface area contributed by atoms with Crippen molar-refractivity contribution in [1.29, 1.82) is 0 Å². The second-order valence-corrected chi connectivity index (χ2v) is 9.53. The molecule has 2 aliphatic rings. The quantitative estimate of drug-likeness (QED) is 0.269. The minimum atomic E-state index is -1.08. The number of nitrogens with one attached hydrogen (secondary N) is 1. The first kappa shape index (κ1) is 24.3. The van der Waals surface area contributed by atoms with Crippen molar-refractivity contribution in [2.24, 2.45) is 5.73 Å². The summed E-state index contributed by atoms with van der Waals surface area (Å²) in [5, 5.41) is 3.84. The van der Waals surface area contributed by atoms with Crippen LogP contribution >= 0.6 is 0 Å². The smallest absolute Gasteiger partial charge is 0.336 e. The Morgan fingerprint density at radius 3 is 2.80 bits per heavy atom. The number of rotatable bonds is 7. The number of carbonyl (C=O) groups excluding carboxylic acids is 2. The van der Waals surface area contributed by atoms with Gasteiger partial charge in [-0.2, -0.15) is 0 Å². The second-order valence-electron chi connectivity index (χ2n) is 9.53. The summed E-state index contributed by atoms with van der Waals surface area (Å²) in [6.45, 7) is 7.58. The first-order valence-electron chi connectivity index (χ1n) is 11.5. The molecule has 0 saturated carbocycles. The Kier molecular flexibility index (Phi) is 6.32. The molecule has 0 amide bonds. The maximum atomic E-state index is 12.8. The van der Waals surface area contributed by atoms with E-state index in [1.807, 2.05) is 19.9 Å². The Bertz CT molecular complexity index is 1350. The van der Waals surface area contributed by atoms with E-state index < -0.39 is 22.8 Å². The Balaban J connectivity index is 1.82. The molecular formula is C27H30N2O6. The largest absolute Gasteiger partial charge is 0.482 e. The summed E-state index contributed by atoms with van der Waals surface area (Å²) in [4.78, 5) is 35.9. The number of benzene rings is 1. The fraction of sp³-hybridized carbons (Fsp3) is 0.370. The van der Waals surface area contributed by atoms with Gasteiger partial charge >= 0.3 is 11.6 Å². The molecule has 1 atom stereocenters. The lowest BCUT2D eigenvalue weighted by Crippen LogP contribution is -2.56. The summed E-state index contributed by atoms with van der Waals surface area (Å²) in [5.74, 6) is 0.615. The van der Waals surface area contributed by atoms with Crippen LogP contribution in [0.15, 0.2) is 68.2 Å². The zero-order valence-corrected chi connectivity index (χ0v) is 20.4. The van der Waals surface area contributed by atoms with Crippen LogP contribution in [-0.4, -0.2) is 30.0 Å². The van der Waals surface area contributed by atoms with Gasteiger partial charge in [-0.25, -0.2) is 9.59 Å². The molecule has 1 unspecified atom stereocenters. The van der Waals surface area contributed by atoms with Crippen LogP contribution in [0.5, 0.6) is 5.75 Å². The highest BCUT2D eigenvalue weighted by Gasteiger charge is 2.54. The van der Waals surface area contributed by atoms with Crippen LogP contribution in [0.3, 0.4) is 0 Å².